The van der Waals surface area contributed by atoms with Crippen LogP contribution in [0.3, 0.4) is 0 Å². The fourth-order valence-electron chi connectivity index (χ4n) is 3.97. The van der Waals surface area contributed by atoms with Crippen molar-refractivity contribution in [3.63, 3.8) is 0 Å². The van der Waals surface area contributed by atoms with Gasteiger partial charge in [0.25, 0.3) is 0 Å². The maximum absolute atomic E-state index is 12.3. The van der Waals surface area contributed by atoms with Gasteiger partial charge in [-0.3, -0.25) is 14.5 Å². The lowest BCUT2D eigenvalue weighted by Gasteiger charge is -2.36. The summed E-state index contributed by atoms with van der Waals surface area (Å²) >= 11 is 0. The Hall–Kier alpha value is -1.88. The van der Waals surface area contributed by atoms with E-state index in [9.17, 15) is 9.59 Å². The zero-order valence-electron chi connectivity index (χ0n) is 15.9. The molecule has 26 heavy (non-hydrogen) atoms. The number of amides is 1. The second-order valence-corrected chi connectivity index (χ2v) is 7.62. The number of carbonyl (C=O) groups is 2. The average molecular weight is 357 g/mol. The summed E-state index contributed by atoms with van der Waals surface area (Å²) in [4.78, 5) is 28.3. The second-order valence-electron chi connectivity index (χ2n) is 7.62. The summed E-state index contributed by atoms with van der Waals surface area (Å²) < 4.78 is 0. The SMILES string of the molecule is CC(=O)c1ccc(N2CCN(CC(=O)NC3CCCCCC3)CC2)cc1. The quantitative estimate of drug-likeness (QED) is 0.650. The largest absolute Gasteiger partial charge is 0.369 e. The number of hydrogen-bond acceptors (Lipinski definition) is 4. The van der Waals surface area contributed by atoms with E-state index in [1.165, 1.54) is 25.7 Å². The van der Waals surface area contributed by atoms with Crippen LogP contribution in [0.1, 0.15) is 55.8 Å². The molecule has 1 amide bonds. The number of carbonyl (C=O) groups excluding carboxylic acids is 2. The highest BCUT2D eigenvalue weighted by atomic mass is 16.2. The average Bonchev–Trinajstić information content (AvgIpc) is 2.91. The van der Waals surface area contributed by atoms with Crippen LogP contribution in [0, 0.1) is 0 Å². The van der Waals surface area contributed by atoms with Crippen LogP contribution in [0.15, 0.2) is 24.3 Å². The minimum Gasteiger partial charge on any atom is -0.369 e. The van der Waals surface area contributed by atoms with Crippen LogP contribution >= 0.6 is 0 Å². The Kier molecular flexibility index (Phi) is 6.67. The van der Waals surface area contributed by atoms with E-state index in [1.54, 1.807) is 6.92 Å². The predicted molar refractivity (Wildman–Crippen MR) is 105 cm³/mol. The van der Waals surface area contributed by atoms with E-state index in [2.05, 4.69) is 15.1 Å². The van der Waals surface area contributed by atoms with Crippen molar-refractivity contribution in [1.82, 2.24) is 10.2 Å². The third-order valence-corrected chi connectivity index (χ3v) is 5.60. The third-order valence-electron chi connectivity index (χ3n) is 5.60. The summed E-state index contributed by atoms with van der Waals surface area (Å²) in [6.45, 7) is 5.72. The van der Waals surface area contributed by atoms with E-state index in [0.29, 0.717) is 12.6 Å². The topological polar surface area (TPSA) is 52.7 Å². The van der Waals surface area contributed by atoms with E-state index < -0.39 is 0 Å². The van der Waals surface area contributed by atoms with Crippen LogP contribution in [0.5, 0.6) is 0 Å². The molecule has 0 aromatic heterocycles. The monoisotopic (exact) mass is 357 g/mol. The third kappa shape index (κ3) is 5.31. The van der Waals surface area contributed by atoms with Gasteiger partial charge in [-0.2, -0.15) is 0 Å². The number of benzene rings is 1. The van der Waals surface area contributed by atoms with Gasteiger partial charge in [0, 0.05) is 43.5 Å². The smallest absolute Gasteiger partial charge is 0.234 e. The van der Waals surface area contributed by atoms with Crippen molar-refractivity contribution in [2.45, 2.75) is 51.5 Å². The Morgan fingerprint density at radius 2 is 1.58 bits per heavy atom. The van der Waals surface area contributed by atoms with Crippen LogP contribution in [0.25, 0.3) is 0 Å². The minimum atomic E-state index is 0.0982. The van der Waals surface area contributed by atoms with Gasteiger partial charge in [-0.1, -0.05) is 25.7 Å². The molecule has 1 aromatic carbocycles. The van der Waals surface area contributed by atoms with Crippen molar-refractivity contribution >= 4 is 17.4 Å². The number of hydrogen-bond donors (Lipinski definition) is 1. The van der Waals surface area contributed by atoms with E-state index in [-0.39, 0.29) is 11.7 Å². The van der Waals surface area contributed by atoms with Crippen molar-refractivity contribution in [1.29, 1.82) is 0 Å². The maximum atomic E-state index is 12.3. The van der Waals surface area contributed by atoms with Gasteiger partial charge in [-0.05, 0) is 44.0 Å². The number of ketones is 1. The summed E-state index contributed by atoms with van der Waals surface area (Å²) in [6.07, 6.45) is 7.37. The van der Waals surface area contributed by atoms with Gasteiger partial charge in [-0.15, -0.1) is 0 Å². The molecular weight excluding hydrogens is 326 g/mol. The Balaban J connectivity index is 1.43. The number of anilines is 1. The number of rotatable bonds is 5. The lowest BCUT2D eigenvalue weighted by Crippen LogP contribution is -2.50. The van der Waals surface area contributed by atoms with Gasteiger partial charge in [0.1, 0.15) is 0 Å². The Morgan fingerprint density at radius 3 is 2.15 bits per heavy atom. The lowest BCUT2D eigenvalue weighted by molar-refractivity contribution is -0.123. The van der Waals surface area contributed by atoms with Gasteiger partial charge in [0.05, 0.1) is 6.54 Å². The summed E-state index contributed by atoms with van der Waals surface area (Å²) in [5.74, 6) is 0.275. The molecule has 0 atom stereocenters. The number of piperazine rings is 1. The number of Topliss-reactive ketones (excluding diaryl/α,β-unsaturated/α-hetero) is 1. The molecule has 0 spiro atoms. The van der Waals surface area contributed by atoms with Crippen LogP contribution < -0.4 is 10.2 Å². The molecule has 1 saturated carbocycles. The summed E-state index contributed by atoms with van der Waals surface area (Å²) in [7, 11) is 0. The zero-order chi connectivity index (χ0) is 18.4. The molecule has 1 aliphatic carbocycles. The molecule has 1 aliphatic heterocycles. The van der Waals surface area contributed by atoms with Crippen molar-refractivity contribution in [3.05, 3.63) is 29.8 Å². The molecule has 5 nitrogen and oxygen atoms in total. The molecule has 1 heterocycles. The fraction of sp³-hybridized carbons (Fsp3) is 0.619. The van der Waals surface area contributed by atoms with E-state index in [1.807, 2.05) is 24.3 Å². The molecule has 2 aliphatic rings. The maximum Gasteiger partial charge on any atom is 0.234 e. The van der Waals surface area contributed by atoms with Gasteiger partial charge in [0.2, 0.25) is 5.91 Å². The van der Waals surface area contributed by atoms with Crippen LogP contribution in [-0.4, -0.2) is 55.4 Å². The first-order valence-electron chi connectivity index (χ1n) is 9.99. The van der Waals surface area contributed by atoms with Gasteiger partial charge < -0.3 is 10.2 Å². The lowest BCUT2D eigenvalue weighted by atomic mass is 10.1. The molecule has 0 bridgehead atoms. The fourth-order valence-corrected chi connectivity index (χ4v) is 3.97. The summed E-state index contributed by atoms with van der Waals surface area (Å²) in [5.41, 5.74) is 1.90. The molecule has 1 N–H and O–H groups in total. The van der Waals surface area contributed by atoms with Crippen LogP contribution in [0.4, 0.5) is 5.69 Å². The molecule has 5 heteroatoms. The van der Waals surface area contributed by atoms with Crippen molar-refractivity contribution in [2.75, 3.05) is 37.6 Å². The Bertz CT molecular complexity index is 598. The van der Waals surface area contributed by atoms with Crippen molar-refractivity contribution in [3.8, 4) is 0 Å². The highest BCUT2D eigenvalue weighted by Crippen LogP contribution is 2.19. The number of nitrogens with one attached hydrogen (secondary N) is 1. The molecule has 0 unspecified atom stereocenters. The normalized spacial score (nSPS) is 19.8. The first kappa shape index (κ1) is 18.9. The highest BCUT2D eigenvalue weighted by Gasteiger charge is 2.21. The van der Waals surface area contributed by atoms with Crippen molar-refractivity contribution < 1.29 is 9.59 Å². The van der Waals surface area contributed by atoms with E-state index in [4.69, 9.17) is 0 Å². The molecule has 142 valence electrons. The highest BCUT2D eigenvalue weighted by molar-refractivity contribution is 5.94. The van der Waals surface area contributed by atoms with Crippen LogP contribution in [-0.2, 0) is 4.79 Å². The first-order valence-corrected chi connectivity index (χ1v) is 9.99. The van der Waals surface area contributed by atoms with Crippen LogP contribution in [0.2, 0.25) is 0 Å². The predicted octanol–water partition coefficient (Wildman–Crippen LogP) is 2.85. The van der Waals surface area contributed by atoms with Gasteiger partial charge >= 0.3 is 0 Å². The number of nitrogens with zero attached hydrogens (tertiary/aromatic N) is 2. The Labute approximate surface area is 156 Å². The van der Waals surface area contributed by atoms with Gasteiger partial charge in [-0.25, -0.2) is 0 Å². The van der Waals surface area contributed by atoms with Crippen molar-refractivity contribution in [2.24, 2.45) is 0 Å². The van der Waals surface area contributed by atoms with Gasteiger partial charge in [0.15, 0.2) is 5.78 Å². The second kappa shape index (κ2) is 9.17. The summed E-state index contributed by atoms with van der Waals surface area (Å²) in [6, 6.07) is 8.20. The molecule has 3 rings (SSSR count). The molecular formula is C21H31N3O2. The van der Waals surface area contributed by atoms with E-state index >= 15 is 0 Å². The standard InChI is InChI=1S/C21H31N3O2/c1-17(25)18-8-10-20(11-9-18)24-14-12-23(13-15-24)16-21(26)22-19-6-4-2-3-5-7-19/h8-11,19H,2-7,12-16H2,1H3,(H,22,26). The molecule has 1 aromatic rings. The Morgan fingerprint density at radius 1 is 0.962 bits per heavy atom. The van der Waals surface area contributed by atoms with E-state index in [0.717, 1.165) is 50.3 Å². The molecule has 0 radical (unpaired) electrons. The zero-order valence-corrected chi connectivity index (χ0v) is 15.9. The molecule has 2 fully saturated rings. The summed E-state index contributed by atoms with van der Waals surface area (Å²) in [5, 5.41) is 3.24. The first-order chi connectivity index (χ1) is 12.6. The minimum absolute atomic E-state index is 0.0982. The molecule has 1 saturated heterocycles.